The van der Waals surface area contributed by atoms with E-state index in [-0.39, 0.29) is 21.4 Å². The summed E-state index contributed by atoms with van der Waals surface area (Å²) in [5.74, 6) is -1.04. The van der Waals surface area contributed by atoms with Crippen LogP contribution in [0.5, 0.6) is 0 Å². The van der Waals surface area contributed by atoms with Crippen LogP contribution in [-0.2, 0) is 14.8 Å². The maximum Gasteiger partial charge on any atom is 0.337 e. The monoisotopic (exact) mass is 333 g/mol. The van der Waals surface area contributed by atoms with Crippen molar-refractivity contribution in [3.05, 3.63) is 28.8 Å². The summed E-state index contributed by atoms with van der Waals surface area (Å²) in [5.41, 5.74) is -0.128. The van der Waals surface area contributed by atoms with E-state index in [1.165, 1.54) is 12.1 Å². The van der Waals surface area contributed by atoms with Gasteiger partial charge in [-0.3, -0.25) is 0 Å². The predicted octanol–water partition coefficient (Wildman–Crippen LogP) is 1.74. The van der Waals surface area contributed by atoms with Crippen molar-refractivity contribution in [1.82, 2.24) is 4.72 Å². The number of halogens is 1. The number of benzene rings is 1. The molecule has 1 unspecified atom stereocenters. The largest absolute Gasteiger partial charge is 0.478 e. The van der Waals surface area contributed by atoms with E-state index in [0.29, 0.717) is 13.2 Å². The summed E-state index contributed by atoms with van der Waals surface area (Å²) in [6.07, 6.45) is 1.84. The second-order valence-electron chi connectivity index (χ2n) is 4.88. The van der Waals surface area contributed by atoms with Gasteiger partial charge in [0.25, 0.3) is 0 Å². The number of hydrogen-bond donors (Lipinski definition) is 2. The van der Waals surface area contributed by atoms with Crippen LogP contribution < -0.4 is 4.72 Å². The van der Waals surface area contributed by atoms with Crippen LogP contribution in [0.2, 0.25) is 5.02 Å². The number of carboxylic acids is 1. The highest BCUT2D eigenvalue weighted by Crippen LogP contribution is 2.21. The van der Waals surface area contributed by atoms with Gasteiger partial charge in [0, 0.05) is 13.2 Å². The lowest BCUT2D eigenvalue weighted by Gasteiger charge is -2.22. The SMILES string of the molecule is O=C(O)c1ccc(S(=O)(=O)NCC2CCCOC2)cc1Cl. The zero-order valence-electron chi connectivity index (χ0n) is 11.2. The van der Waals surface area contributed by atoms with Crippen molar-refractivity contribution in [2.24, 2.45) is 5.92 Å². The van der Waals surface area contributed by atoms with Crippen molar-refractivity contribution in [2.75, 3.05) is 19.8 Å². The van der Waals surface area contributed by atoms with Crippen molar-refractivity contribution >= 4 is 27.6 Å². The van der Waals surface area contributed by atoms with E-state index < -0.39 is 16.0 Å². The Hall–Kier alpha value is -1.15. The molecule has 116 valence electrons. The minimum atomic E-state index is -3.71. The van der Waals surface area contributed by atoms with Crippen LogP contribution in [0, 0.1) is 5.92 Å². The van der Waals surface area contributed by atoms with Crippen LogP contribution >= 0.6 is 11.6 Å². The first-order valence-corrected chi connectivity index (χ1v) is 8.36. The summed E-state index contributed by atoms with van der Waals surface area (Å²) in [6.45, 7) is 1.55. The van der Waals surface area contributed by atoms with Crippen LogP contribution in [0.1, 0.15) is 23.2 Å². The van der Waals surface area contributed by atoms with E-state index in [1.807, 2.05) is 0 Å². The van der Waals surface area contributed by atoms with Crippen LogP contribution in [0.3, 0.4) is 0 Å². The van der Waals surface area contributed by atoms with Gasteiger partial charge in [-0.25, -0.2) is 17.9 Å². The van der Waals surface area contributed by atoms with Gasteiger partial charge < -0.3 is 9.84 Å². The van der Waals surface area contributed by atoms with Gasteiger partial charge in [0.15, 0.2) is 0 Å². The number of ether oxygens (including phenoxy) is 1. The van der Waals surface area contributed by atoms with Crippen molar-refractivity contribution < 1.29 is 23.1 Å². The highest BCUT2D eigenvalue weighted by atomic mass is 35.5. The number of hydrogen-bond acceptors (Lipinski definition) is 4. The maximum atomic E-state index is 12.2. The maximum absolute atomic E-state index is 12.2. The molecular formula is C13H16ClNO5S. The summed E-state index contributed by atoms with van der Waals surface area (Å²) >= 11 is 5.79. The molecule has 0 aromatic heterocycles. The van der Waals surface area contributed by atoms with Crippen molar-refractivity contribution in [3.63, 3.8) is 0 Å². The molecule has 2 rings (SSSR count). The lowest BCUT2D eigenvalue weighted by molar-refractivity contribution is 0.0568. The Morgan fingerprint density at radius 3 is 2.81 bits per heavy atom. The predicted molar refractivity (Wildman–Crippen MR) is 77.1 cm³/mol. The van der Waals surface area contributed by atoms with E-state index in [4.69, 9.17) is 21.4 Å². The zero-order valence-corrected chi connectivity index (χ0v) is 12.8. The molecule has 0 bridgehead atoms. The third-order valence-corrected chi connectivity index (χ3v) is 5.03. The van der Waals surface area contributed by atoms with Crippen molar-refractivity contribution in [2.45, 2.75) is 17.7 Å². The van der Waals surface area contributed by atoms with Gasteiger partial charge in [-0.2, -0.15) is 0 Å². The molecule has 1 atom stereocenters. The Balaban J connectivity index is 2.08. The molecule has 1 fully saturated rings. The molecule has 1 heterocycles. The Morgan fingerprint density at radius 1 is 1.48 bits per heavy atom. The van der Waals surface area contributed by atoms with Gasteiger partial charge in [-0.1, -0.05) is 11.6 Å². The molecule has 0 radical (unpaired) electrons. The molecule has 1 aliphatic heterocycles. The van der Waals surface area contributed by atoms with Crippen molar-refractivity contribution in [3.8, 4) is 0 Å². The highest BCUT2D eigenvalue weighted by Gasteiger charge is 2.20. The molecule has 8 heteroatoms. The summed E-state index contributed by atoms with van der Waals surface area (Å²) in [5, 5.41) is 8.76. The molecule has 1 aromatic carbocycles. The average Bonchev–Trinajstić information content (AvgIpc) is 2.46. The second-order valence-corrected chi connectivity index (χ2v) is 7.06. The smallest absolute Gasteiger partial charge is 0.337 e. The van der Waals surface area contributed by atoms with Gasteiger partial charge in [0.2, 0.25) is 10.0 Å². The lowest BCUT2D eigenvalue weighted by atomic mass is 10.0. The third-order valence-electron chi connectivity index (χ3n) is 3.30. The quantitative estimate of drug-likeness (QED) is 0.856. The number of sulfonamides is 1. The summed E-state index contributed by atoms with van der Waals surface area (Å²) in [4.78, 5) is 10.8. The molecule has 2 N–H and O–H groups in total. The molecule has 1 aliphatic rings. The number of rotatable bonds is 5. The van der Waals surface area contributed by atoms with Crippen LogP contribution in [-0.4, -0.2) is 39.3 Å². The van der Waals surface area contributed by atoms with Gasteiger partial charge in [-0.05, 0) is 37.0 Å². The van der Waals surface area contributed by atoms with Crippen LogP contribution in [0.4, 0.5) is 0 Å². The zero-order chi connectivity index (χ0) is 15.5. The summed E-state index contributed by atoms with van der Waals surface area (Å²) in [6, 6.07) is 3.56. The van der Waals surface area contributed by atoms with Crippen LogP contribution in [0.15, 0.2) is 23.1 Å². The fraction of sp³-hybridized carbons (Fsp3) is 0.462. The minimum absolute atomic E-state index is 0.0470. The van der Waals surface area contributed by atoms with Gasteiger partial charge in [0.05, 0.1) is 22.1 Å². The first-order valence-electron chi connectivity index (χ1n) is 6.50. The van der Waals surface area contributed by atoms with E-state index >= 15 is 0 Å². The Bertz CT molecular complexity index is 625. The standard InChI is InChI=1S/C13H16ClNO5S/c14-12-6-10(3-4-11(12)13(16)17)21(18,19)15-7-9-2-1-5-20-8-9/h3-4,6,9,15H,1-2,5,7-8H2,(H,16,17). The van der Waals surface area contributed by atoms with Gasteiger partial charge in [-0.15, -0.1) is 0 Å². The number of aromatic carboxylic acids is 1. The molecule has 0 spiro atoms. The number of nitrogens with one attached hydrogen (secondary N) is 1. The Labute approximate surface area is 128 Å². The van der Waals surface area contributed by atoms with Crippen molar-refractivity contribution in [1.29, 1.82) is 0 Å². The Kier molecular flexibility index (Phi) is 5.21. The molecule has 6 nitrogen and oxygen atoms in total. The van der Waals surface area contributed by atoms with E-state index in [1.54, 1.807) is 0 Å². The van der Waals surface area contributed by atoms with E-state index in [9.17, 15) is 13.2 Å². The Morgan fingerprint density at radius 2 is 2.24 bits per heavy atom. The van der Waals surface area contributed by atoms with Crippen LogP contribution in [0.25, 0.3) is 0 Å². The molecule has 1 aromatic rings. The average molecular weight is 334 g/mol. The highest BCUT2D eigenvalue weighted by molar-refractivity contribution is 7.89. The molecule has 0 saturated carbocycles. The first-order chi connectivity index (χ1) is 9.90. The molecule has 0 amide bonds. The summed E-state index contributed by atoms with van der Waals surface area (Å²) < 4.78 is 32.1. The molecule has 21 heavy (non-hydrogen) atoms. The first kappa shape index (κ1) is 16.2. The minimum Gasteiger partial charge on any atom is -0.478 e. The fourth-order valence-corrected chi connectivity index (χ4v) is 3.58. The fourth-order valence-electron chi connectivity index (χ4n) is 2.12. The lowest BCUT2D eigenvalue weighted by Crippen LogP contribution is -2.33. The van der Waals surface area contributed by atoms with E-state index in [2.05, 4.69) is 4.72 Å². The van der Waals surface area contributed by atoms with E-state index in [0.717, 1.165) is 25.5 Å². The van der Waals surface area contributed by atoms with Gasteiger partial charge >= 0.3 is 5.97 Å². The molecular weight excluding hydrogens is 318 g/mol. The third kappa shape index (κ3) is 4.16. The second kappa shape index (κ2) is 6.74. The number of carbonyl (C=O) groups is 1. The van der Waals surface area contributed by atoms with Gasteiger partial charge in [0.1, 0.15) is 0 Å². The number of carboxylic acid groups (broad SMARTS) is 1. The molecule has 1 saturated heterocycles. The summed E-state index contributed by atoms with van der Waals surface area (Å²) in [7, 11) is -3.71. The normalized spacial score (nSPS) is 19.4. The topological polar surface area (TPSA) is 92.7 Å². The molecule has 0 aliphatic carbocycles.